The number of benzene rings is 9. The first-order valence-electron chi connectivity index (χ1n) is 20.1. The molecule has 0 bridgehead atoms. The van der Waals surface area contributed by atoms with Crippen molar-refractivity contribution >= 4 is 54.3 Å². The van der Waals surface area contributed by atoms with Gasteiger partial charge in [-0.1, -0.05) is 166 Å². The smallest absolute Gasteiger partial charge is 0.160 e. The van der Waals surface area contributed by atoms with Gasteiger partial charge in [-0.2, -0.15) is 0 Å². The van der Waals surface area contributed by atoms with Gasteiger partial charge < -0.3 is 4.57 Å². The second-order valence-corrected chi connectivity index (χ2v) is 16.2. The van der Waals surface area contributed by atoms with E-state index in [9.17, 15) is 0 Å². The molecule has 3 heteroatoms. The molecule has 0 unspecified atom stereocenters. The van der Waals surface area contributed by atoms with Crippen LogP contribution in [0.25, 0.3) is 105 Å². The minimum Gasteiger partial charge on any atom is -0.309 e. The molecule has 0 saturated heterocycles. The van der Waals surface area contributed by atoms with Crippen LogP contribution in [-0.4, -0.2) is 14.5 Å². The highest BCUT2D eigenvalue weighted by Gasteiger charge is 2.37. The van der Waals surface area contributed by atoms with Crippen molar-refractivity contribution in [2.24, 2.45) is 0 Å². The van der Waals surface area contributed by atoms with E-state index < -0.39 is 0 Å². The second kappa shape index (κ2) is 12.3. The van der Waals surface area contributed by atoms with Crippen LogP contribution in [0.4, 0.5) is 0 Å². The van der Waals surface area contributed by atoms with Crippen molar-refractivity contribution in [3.8, 4) is 50.6 Å². The molecule has 0 amide bonds. The van der Waals surface area contributed by atoms with Gasteiger partial charge in [0.25, 0.3) is 0 Å². The van der Waals surface area contributed by atoms with Crippen LogP contribution < -0.4 is 0 Å². The fourth-order valence-corrected chi connectivity index (χ4v) is 9.83. The topological polar surface area (TPSA) is 30.7 Å². The van der Waals surface area contributed by atoms with Crippen molar-refractivity contribution in [3.05, 3.63) is 199 Å². The quantitative estimate of drug-likeness (QED) is 0.180. The van der Waals surface area contributed by atoms with E-state index in [0.29, 0.717) is 5.82 Å². The summed E-state index contributed by atoms with van der Waals surface area (Å²) in [5.74, 6) is 0.707. The van der Waals surface area contributed by atoms with Crippen LogP contribution >= 0.6 is 0 Å². The van der Waals surface area contributed by atoms with Gasteiger partial charge in [-0.15, -0.1) is 0 Å². The summed E-state index contributed by atoms with van der Waals surface area (Å²) in [6.45, 7) is 4.77. The van der Waals surface area contributed by atoms with E-state index in [4.69, 9.17) is 9.97 Å². The molecule has 0 fully saturated rings. The van der Waals surface area contributed by atoms with Crippen molar-refractivity contribution in [1.29, 1.82) is 0 Å². The maximum absolute atomic E-state index is 5.33. The van der Waals surface area contributed by atoms with E-state index in [2.05, 4.69) is 206 Å². The van der Waals surface area contributed by atoms with Crippen LogP contribution in [0.5, 0.6) is 0 Å². The van der Waals surface area contributed by atoms with Gasteiger partial charge >= 0.3 is 0 Å². The molecule has 0 atom stereocenters. The summed E-state index contributed by atoms with van der Waals surface area (Å²) in [5.41, 5.74) is 15.1. The fourth-order valence-electron chi connectivity index (χ4n) is 9.83. The lowest BCUT2D eigenvalue weighted by Crippen LogP contribution is -2.15. The Morgan fingerprint density at radius 2 is 1.09 bits per heavy atom. The Morgan fingerprint density at radius 1 is 0.414 bits per heavy atom. The Kier molecular flexibility index (Phi) is 6.98. The highest BCUT2D eigenvalue weighted by molar-refractivity contribution is 6.12. The standard InChI is InChI=1S/C55H37N3/c1-55(2)48-33-51-47(32-46(48)44-30-29-35-14-4-6-19-42(35)52(44)55)43-20-8-10-24-50(43)58(51)39-17-11-16-38(31-39)54-56-49-23-9-7-21-45(49)53(57-54)37-27-25-36(26-28-37)41-22-12-15-34-13-3-5-18-40(34)41/h3-33H,1-2H3. The lowest BCUT2D eigenvalue weighted by Gasteiger charge is -2.23. The van der Waals surface area contributed by atoms with Crippen molar-refractivity contribution in [1.82, 2.24) is 14.5 Å². The van der Waals surface area contributed by atoms with Crippen LogP contribution in [0.2, 0.25) is 0 Å². The maximum atomic E-state index is 5.33. The summed E-state index contributed by atoms with van der Waals surface area (Å²) in [6.07, 6.45) is 0. The summed E-state index contributed by atoms with van der Waals surface area (Å²) in [6, 6.07) is 68.1. The van der Waals surface area contributed by atoms with Gasteiger partial charge in [0.05, 0.1) is 22.2 Å². The third kappa shape index (κ3) is 4.80. The summed E-state index contributed by atoms with van der Waals surface area (Å²) in [4.78, 5) is 10.5. The van der Waals surface area contributed by atoms with E-state index in [1.807, 2.05) is 0 Å². The summed E-state index contributed by atoms with van der Waals surface area (Å²) < 4.78 is 2.43. The Balaban J connectivity index is 1.00. The molecule has 272 valence electrons. The second-order valence-electron chi connectivity index (χ2n) is 16.2. The third-order valence-electron chi connectivity index (χ3n) is 12.6. The largest absolute Gasteiger partial charge is 0.309 e. The molecule has 2 heterocycles. The number of hydrogen-bond acceptors (Lipinski definition) is 2. The molecule has 12 rings (SSSR count). The van der Waals surface area contributed by atoms with Crippen LogP contribution in [0.15, 0.2) is 188 Å². The van der Waals surface area contributed by atoms with Crippen LogP contribution in [-0.2, 0) is 5.41 Å². The van der Waals surface area contributed by atoms with Crippen molar-refractivity contribution in [2.75, 3.05) is 0 Å². The number of aromatic nitrogens is 3. The minimum absolute atomic E-state index is 0.161. The lowest BCUT2D eigenvalue weighted by atomic mass is 9.80. The van der Waals surface area contributed by atoms with Gasteiger partial charge in [0, 0.05) is 38.4 Å². The predicted molar refractivity (Wildman–Crippen MR) is 243 cm³/mol. The molecular formula is C55H37N3. The van der Waals surface area contributed by atoms with Crippen molar-refractivity contribution in [2.45, 2.75) is 19.3 Å². The summed E-state index contributed by atoms with van der Waals surface area (Å²) in [5, 5.41) is 8.65. The first-order chi connectivity index (χ1) is 28.5. The lowest BCUT2D eigenvalue weighted by molar-refractivity contribution is 0.667. The summed E-state index contributed by atoms with van der Waals surface area (Å²) in [7, 11) is 0. The molecule has 58 heavy (non-hydrogen) atoms. The average molecular weight is 740 g/mol. The van der Waals surface area contributed by atoms with Gasteiger partial charge in [0.1, 0.15) is 0 Å². The van der Waals surface area contributed by atoms with Gasteiger partial charge in [-0.25, -0.2) is 9.97 Å². The van der Waals surface area contributed by atoms with Crippen LogP contribution in [0.1, 0.15) is 25.0 Å². The van der Waals surface area contributed by atoms with Gasteiger partial charge in [0.2, 0.25) is 0 Å². The predicted octanol–water partition coefficient (Wildman–Crippen LogP) is 14.3. The Bertz CT molecular complexity index is 3470. The van der Waals surface area contributed by atoms with E-state index in [0.717, 1.165) is 33.4 Å². The SMILES string of the molecule is CC1(C)c2cc3c(cc2-c2ccc4ccccc4c21)c1ccccc1n3-c1cccc(-c2nc(-c3ccc(-c4cccc5ccccc45)cc3)c3ccccc3n2)c1. The zero-order valence-corrected chi connectivity index (χ0v) is 32.2. The van der Waals surface area contributed by atoms with Gasteiger partial charge in [-0.05, 0) is 91.3 Å². The van der Waals surface area contributed by atoms with E-state index in [-0.39, 0.29) is 5.41 Å². The minimum atomic E-state index is -0.161. The molecule has 0 N–H and O–H groups in total. The highest BCUT2D eigenvalue weighted by atomic mass is 15.0. The molecule has 0 radical (unpaired) electrons. The number of rotatable bonds is 4. The molecule has 0 saturated carbocycles. The molecule has 3 nitrogen and oxygen atoms in total. The fraction of sp³-hybridized carbons (Fsp3) is 0.0545. The Labute approximate surface area is 336 Å². The Morgan fingerprint density at radius 3 is 1.93 bits per heavy atom. The normalized spacial score (nSPS) is 13.1. The number of fused-ring (bicyclic) bond motifs is 10. The molecule has 2 aromatic heterocycles. The highest BCUT2D eigenvalue weighted by Crippen LogP contribution is 2.53. The van der Waals surface area contributed by atoms with Crippen molar-refractivity contribution < 1.29 is 0 Å². The first kappa shape index (κ1) is 32.8. The molecule has 9 aromatic carbocycles. The molecular weight excluding hydrogens is 703 g/mol. The molecule has 0 aliphatic heterocycles. The molecule has 11 aromatic rings. The average Bonchev–Trinajstić information content (AvgIpc) is 3.72. The van der Waals surface area contributed by atoms with Crippen molar-refractivity contribution in [3.63, 3.8) is 0 Å². The van der Waals surface area contributed by atoms with E-state index in [1.165, 1.54) is 76.7 Å². The maximum Gasteiger partial charge on any atom is 0.160 e. The van der Waals surface area contributed by atoms with E-state index in [1.54, 1.807) is 0 Å². The number of hydrogen-bond donors (Lipinski definition) is 0. The van der Waals surface area contributed by atoms with Gasteiger partial charge in [0.15, 0.2) is 5.82 Å². The molecule has 1 aliphatic carbocycles. The monoisotopic (exact) mass is 739 g/mol. The van der Waals surface area contributed by atoms with Crippen LogP contribution in [0, 0.1) is 0 Å². The molecule has 0 spiro atoms. The zero-order chi connectivity index (χ0) is 38.5. The summed E-state index contributed by atoms with van der Waals surface area (Å²) >= 11 is 0. The number of nitrogens with zero attached hydrogens (tertiary/aromatic N) is 3. The Hall–Kier alpha value is -7.36. The third-order valence-corrected chi connectivity index (χ3v) is 12.6. The van der Waals surface area contributed by atoms with Crippen LogP contribution in [0.3, 0.4) is 0 Å². The molecule has 1 aliphatic rings. The zero-order valence-electron chi connectivity index (χ0n) is 32.2. The van der Waals surface area contributed by atoms with E-state index >= 15 is 0 Å². The van der Waals surface area contributed by atoms with Gasteiger partial charge in [-0.3, -0.25) is 0 Å². The first-order valence-corrected chi connectivity index (χ1v) is 20.1. The number of para-hydroxylation sites is 2.